The van der Waals surface area contributed by atoms with Crippen molar-refractivity contribution in [3.05, 3.63) is 176 Å². The highest BCUT2D eigenvalue weighted by Gasteiger charge is 2.22. The van der Waals surface area contributed by atoms with E-state index in [0.717, 1.165) is 27.5 Å². The lowest BCUT2D eigenvalue weighted by Gasteiger charge is -2.23. The molecular weight excluding hydrogens is 639 g/mol. The SMILES string of the molecule is c1ccc(-c2nc(-c3ccccc3)nc(-c3ccc(-c4ccc5c(c4)Sc4ccc(-c6ccccc6)c6cccc-5c46)c4ccccc34)n2)cc1. The quantitative estimate of drug-likeness (QED) is 0.183. The molecule has 0 N–H and O–H groups in total. The first-order valence-corrected chi connectivity index (χ1v) is 17.9. The second kappa shape index (κ2) is 12.2. The van der Waals surface area contributed by atoms with Gasteiger partial charge in [-0.25, -0.2) is 15.0 Å². The Morgan fingerprint density at radius 2 is 0.804 bits per heavy atom. The van der Waals surface area contributed by atoms with E-state index in [1.807, 2.05) is 72.4 Å². The molecule has 0 spiro atoms. The van der Waals surface area contributed by atoms with Crippen LogP contribution in [0.3, 0.4) is 0 Å². The van der Waals surface area contributed by atoms with Gasteiger partial charge in [-0.15, -0.1) is 0 Å². The number of rotatable bonds is 5. The van der Waals surface area contributed by atoms with Crippen molar-refractivity contribution in [2.45, 2.75) is 9.79 Å². The van der Waals surface area contributed by atoms with Crippen LogP contribution in [0.1, 0.15) is 0 Å². The zero-order chi connectivity index (χ0) is 33.7. The average Bonchev–Trinajstić information content (AvgIpc) is 3.21. The van der Waals surface area contributed by atoms with Crippen LogP contribution in [0.4, 0.5) is 0 Å². The van der Waals surface area contributed by atoms with Crippen LogP contribution < -0.4 is 0 Å². The molecule has 0 saturated heterocycles. The molecule has 9 aromatic rings. The predicted molar refractivity (Wildman–Crippen MR) is 212 cm³/mol. The number of fused-ring (bicyclic) bond motifs is 3. The maximum absolute atomic E-state index is 5.05. The van der Waals surface area contributed by atoms with Crippen molar-refractivity contribution >= 4 is 33.3 Å². The lowest BCUT2D eigenvalue weighted by Crippen LogP contribution is -2.00. The third-order valence-electron chi connectivity index (χ3n) is 9.75. The molecule has 0 unspecified atom stereocenters. The largest absolute Gasteiger partial charge is 0.208 e. The maximum Gasteiger partial charge on any atom is 0.164 e. The molecule has 0 saturated carbocycles. The standard InChI is InChI=1S/C47H29N3S/c1-4-13-30(14-5-1)34-27-28-42-44-39(34)21-12-22-40(44)38-24-23-33(29-43(38)51-42)35-25-26-41(37-20-11-10-19-36(35)37)47-49-45(31-15-6-2-7-16-31)48-46(50-47)32-17-8-3-9-18-32/h1-29H. The first kappa shape index (κ1) is 29.5. The summed E-state index contributed by atoms with van der Waals surface area (Å²) in [5.74, 6) is 1.97. The Balaban J connectivity index is 1.10. The normalized spacial score (nSPS) is 11.8. The first-order valence-electron chi connectivity index (χ1n) is 17.1. The lowest BCUT2D eigenvalue weighted by molar-refractivity contribution is 1.08. The summed E-state index contributed by atoms with van der Waals surface area (Å²) in [5, 5.41) is 4.90. The highest BCUT2D eigenvalue weighted by Crippen LogP contribution is 2.51. The smallest absolute Gasteiger partial charge is 0.164 e. The van der Waals surface area contributed by atoms with E-state index in [1.54, 1.807) is 0 Å². The molecule has 8 aromatic carbocycles. The van der Waals surface area contributed by atoms with Crippen LogP contribution in [0.5, 0.6) is 0 Å². The molecule has 0 radical (unpaired) electrons. The van der Waals surface area contributed by atoms with E-state index in [-0.39, 0.29) is 0 Å². The molecule has 0 bridgehead atoms. The highest BCUT2D eigenvalue weighted by molar-refractivity contribution is 7.99. The summed E-state index contributed by atoms with van der Waals surface area (Å²) in [6.45, 7) is 0. The Labute approximate surface area is 300 Å². The third kappa shape index (κ3) is 5.11. The summed E-state index contributed by atoms with van der Waals surface area (Å²) in [6, 6.07) is 62.2. The van der Waals surface area contributed by atoms with Gasteiger partial charge in [-0.05, 0) is 67.7 Å². The summed E-state index contributed by atoms with van der Waals surface area (Å²) in [4.78, 5) is 17.6. The minimum absolute atomic E-state index is 0.658. The van der Waals surface area contributed by atoms with Crippen molar-refractivity contribution in [1.29, 1.82) is 0 Å². The van der Waals surface area contributed by atoms with Crippen LogP contribution in [0.25, 0.3) is 89.1 Å². The summed E-state index contributed by atoms with van der Waals surface area (Å²) in [6.07, 6.45) is 0. The van der Waals surface area contributed by atoms with Crippen LogP contribution in [0.2, 0.25) is 0 Å². The molecular formula is C47H29N3S. The van der Waals surface area contributed by atoms with Crippen molar-refractivity contribution in [2.24, 2.45) is 0 Å². The minimum Gasteiger partial charge on any atom is -0.208 e. The zero-order valence-corrected chi connectivity index (χ0v) is 28.3. The fraction of sp³-hybridized carbons (Fsp3) is 0. The second-order valence-corrected chi connectivity index (χ2v) is 13.8. The summed E-state index contributed by atoms with van der Waals surface area (Å²) >= 11 is 1.87. The van der Waals surface area contributed by atoms with Crippen LogP contribution in [-0.2, 0) is 0 Å². The molecule has 1 aliphatic heterocycles. The molecule has 3 nitrogen and oxygen atoms in total. The Bertz CT molecular complexity index is 2700. The van der Waals surface area contributed by atoms with Gasteiger partial charge in [0, 0.05) is 31.9 Å². The number of hydrogen-bond donors (Lipinski definition) is 0. The van der Waals surface area contributed by atoms with E-state index < -0.39 is 0 Å². The van der Waals surface area contributed by atoms with Gasteiger partial charge in [0.25, 0.3) is 0 Å². The zero-order valence-electron chi connectivity index (χ0n) is 27.5. The van der Waals surface area contributed by atoms with Gasteiger partial charge in [-0.1, -0.05) is 169 Å². The Hall–Kier alpha value is -6.36. The number of hydrogen-bond acceptors (Lipinski definition) is 4. The van der Waals surface area contributed by atoms with E-state index in [4.69, 9.17) is 15.0 Å². The van der Waals surface area contributed by atoms with E-state index in [9.17, 15) is 0 Å². The van der Waals surface area contributed by atoms with E-state index in [1.165, 1.54) is 53.9 Å². The van der Waals surface area contributed by atoms with Gasteiger partial charge >= 0.3 is 0 Å². The fourth-order valence-electron chi connectivity index (χ4n) is 7.34. The van der Waals surface area contributed by atoms with Gasteiger partial charge in [0.15, 0.2) is 17.5 Å². The summed E-state index contributed by atoms with van der Waals surface area (Å²) < 4.78 is 0. The molecule has 51 heavy (non-hydrogen) atoms. The third-order valence-corrected chi connectivity index (χ3v) is 10.9. The van der Waals surface area contributed by atoms with Crippen LogP contribution in [-0.4, -0.2) is 15.0 Å². The molecule has 0 aliphatic carbocycles. The molecule has 1 aliphatic rings. The number of benzene rings is 8. The molecule has 4 heteroatoms. The van der Waals surface area contributed by atoms with E-state index in [2.05, 4.69) is 115 Å². The second-order valence-electron chi connectivity index (χ2n) is 12.8. The average molecular weight is 668 g/mol. The monoisotopic (exact) mass is 667 g/mol. The van der Waals surface area contributed by atoms with Crippen molar-refractivity contribution in [2.75, 3.05) is 0 Å². The van der Waals surface area contributed by atoms with Gasteiger partial charge in [0.1, 0.15) is 0 Å². The van der Waals surface area contributed by atoms with E-state index >= 15 is 0 Å². The Morgan fingerprint density at radius 3 is 1.49 bits per heavy atom. The van der Waals surface area contributed by atoms with Gasteiger partial charge < -0.3 is 0 Å². The maximum atomic E-state index is 5.05. The predicted octanol–water partition coefficient (Wildman–Crippen LogP) is 12.6. The van der Waals surface area contributed by atoms with Crippen molar-refractivity contribution < 1.29 is 0 Å². The van der Waals surface area contributed by atoms with Gasteiger partial charge in [-0.3, -0.25) is 0 Å². The Kier molecular flexibility index (Phi) is 7.07. The topological polar surface area (TPSA) is 38.7 Å². The molecule has 1 aromatic heterocycles. The highest BCUT2D eigenvalue weighted by atomic mass is 32.2. The van der Waals surface area contributed by atoms with Crippen LogP contribution >= 0.6 is 11.8 Å². The summed E-state index contributed by atoms with van der Waals surface area (Å²) in [7, 11) is 0. The molecule has 0 atom stereocenters. The van der Waals surface area contributed by atoms with E-state index in [0.29, 0.717) is 17.5 Å². The number of aromatic nitrogens is 3. The van der Waals surface area contributed by atoms with Crippen molar-refractivity contribution in [1.82, 2.24) is 15.0 Å². The summed E-state index contributed by atoms with van der Waals surface area (Å²) in [5.41, 5.74) is 10.3. The minimum atomic E-state index is 0.658. The lowest BCUT2D eigenvalue weighted by atomic mass is 9.90. The Morgan fingerprint density at radius 1 is 0.294 bits per heavy atom. The number of nitrogens with zero attached hydrogens (tertiary/aromatic N) is 3. The van der Waals surface area contributed by atoms with Crippen molar-refractivity contribution in [3.63, 3.8) is 0 Å². The van der Waals surface area contributed by atoms with Crippen LogP contribution in [0.15, 0.2) is 186 Å². The molecule has 10 rings (SSSR count). The molecule has 2 heterocycles. The first-order chi connectivity index (χ1) is 25.3. The molecule has 0 amide bonds. The van der Waals surface area contributed by atoms with Gasteiger partial charge in [-0.2, -0.15) is 0 Å². The fourth-order valence-corrected chi connectivity index (χ4v) is 8.51. The van der Waals surface area contributed by atoms with Gasteiger partial charge in [0.2, 0.25) is 0 Å². The molecule has 0 fully saturated rings. The van der Waals surface area contributed by atoms with Crippen LogP contribution in [0, 0.1) is 0 Å². The molecule has 238 valence electrons. The van der Waals surface area contributed by atoms with Gasteiger partial charge in [0.05, 0.1) is 0 Å². The van der Waals surface area contributed by atoms with Crippen molar-refractivity contribution in [3.8, 4) is 67.5 Å².